The molecule has 24 heavy (non-hydrogen) atoms. The number of nitrogens with one attached hydrogen (secondary N) is 2. The third-order valence-corrected chi connectivity index (χ3v) is 3.72. The zero-order valence-electron chi connectivity index (χ0n) is 13.2. The topological polar surface area (TPSA) is 96.3 Å². The lowest BCUT2D eigenvalue weighted by Gasteiger charge is -2.23. The molecule has 0 spiro atoms. The molecule has 1 aliphatic heterocycles. The van der Waals surface area contributed by atoms with Crippen molar-refractivity contribution in [3.63, 3.8) is 0 Å². The van der Waals surface area contributed by atoms with Crippen LogP contribution in [0.25, 0.3) is 0 Å². The van der Waals surface area contributed by atoms with Gasteiger partial charge in [0.1, 0.15) is 18.3 Å². The van der Waals surface area contributed by atoms with E-state index in [9.17, 15) is 23.2 Å². The van der Waals surface area contributed by atoms with Crippen molar-refractivity contribution in [2.24, 2.45) is 0 Å². The molecule has 1 atom stereocenters. The Bertz CT molecular complexity index is 619. The summed E-state index contributed by atoms with van der Waals surface area (Å²) in [6.07, 6.45) is -0.00254. The van der Waals surface area contributed by atoms with Gasteiger partial charge in [0, 0.05) is 19.8 Å². The first-order valence-electron chi connectivity index (χ1n) is 7.53. The summed E-state index contributed by atoms with van der Waals surface area (Å²) in [5, 5.41) is 8.62. The number of rotatable bonds is 6. The summed E-state index contributed by atoms with van der Waals surface area (Å²) in [6.45, 7) is -0.433. The SMILES string of the molecule is CNC(=O)C1CCCN1C(=O)CNC(=O)c1ccn(CC(F)F)n1. The Labute approximate surface area is 137 Å². The Hall–Kier alpha value is -2.52. The molecule has 0 aromatic carbocycles. The highest BCUT2D eigenvalue weighted by Gasteiger charge is 2.33. The van der Waals surface area contributed by atoms with Crippen molar-refractivity contribution in [3.05, 3.63) is 18.0 Å². The zero-order valence-corrected chi connectivity index (χ0v) is 13.2. The monoisotopic (exact) mass is 343 g/mol. The van der Waals surface area contributed by atoms with Crippen molar-refractivity contribution in [1.82, 2.24) is 25.3 Å². The molecule has 0 radical (unpaired) electrons. The average Bonchev–Trinajstić information content (AvgIpc) is 3.20. The van der Waals surface area contributed by atoms with E-state index in [1.807, 2.05) is 0 Å². The van der Waals surface area contributed by atoms with E-state index in [0.717, 1.165) is 11.1 Å². The number of hydrogen-bond donors (Lipinski definition) is 2. The van der Waals surface area contributed by atoms with Crippen molar-refractivity contribution >= 4 is 17.7 Å². The fraction of sp³-hybridized carbons (Fsp3) is 0.571. The van der Waals surface area contributed by atoms with Crippen molar-refractivity contribution in [2.45, 2.75) is 31.9 Å². The van der Waals surface area contributed by atoms with E-state index >= 15 is 0 Å². The van der Waals surface area contributed by atoms with Crippen LogP contribution >= 0.6 is 0 Å². The molecule has 2 rings (SSSR count). The lowest BCUT2D eigenvalue weighted by atomic mass is 10.2. The van der Waals surface area contributed by atoms with Gasteiger partial charge in [-0.25, -0.2) is 8.78 Å². The molecule has 132 valence electrons. The van der Waals surface area contributed by atoms with Crippen molar-refractivity contribution in [2.75, 3.05) is 20.1 Å². The van der Waals surface area contributed by atoms with Crippen LogP contribution in [-0.2, 0) is 16.1 Å². The number of alkyl halides is 2. The zero-order chi connectivity index (χ0) is 17.7. The van der Waals surface area contributed by atoms with Gasteiger partial charge in [-0.3, -0.25) is 19.1 Å². The van der Waals surface area contributed by atoms with Crippen LogP contribution in [-0.4, -0.2) is 65.0 Å². The molecule has 8 nitrogen and oxygen atoms in total. The van der Waals surface area contributed by atoms with Gasteiger partial charge in [0.2, 0.25) is 11.8 Å². The maximum atomic E-state index is 12.2. The summed E-state index contributed by atoms with van der Waals surface area (Å²) in [4.78, 5) is 37.2. The molecule has 1 aromatic rings. The second-order valence-corrected chi connectivity index (χ2v) is 5.36. The molecule has 0 aliphatic carbocycles. The highest BCUT2D eigenvalue weighted by Crippen LogP contribution is 2.17. The summed E-state index contributed by atoms with van der Waals surface area (Å²) in [6, 6.07) is 0.774. The second kappa shape index (κ2) is 7.84. The van der Waals surface area contributed by atoms with Gasteiger partial charge in [0.05, 0.1) is 6.54 Å². The maximum absolute atomic E-state index is 12.2. The minimum atomic E-state index is -2.57. The van der Waals surface area contributed by atoms with Gasteiger partial charge in [0.25, 0.3) is 12.3 Å². The number of carbonyl (C=O) groups is 3. The standard InChI is InChI=1S/C14H19F2N5O3/c1-17-14(24)10-3-2-5-21(10)12(22)7-18-13(23)9-4-6-20(19-9)8-11(15)16/h4,6,10-11H,2-3,5,7-8H2,1H3,(H,17,24)(H,18,23). The van der Waals surface area contributed by atoms with E-state index < -0.39 is 24.9 Å². The van der Waals surface area contributed by atoms with Gasteiger partial charge in [-0.2, -0.15) is 5.10 Å². The molecule has 2 heterocycles. The van der Waals surface area contributed by atoms with Crippen LogP contribution in [0.3, 0.4) is 0 Å². The van der Waals surface area contributed by atoms with Crippen LogP contribution in [0, 0.1) is 0 Å². The quantitative estimate of drug-likeness (QED) is 0.736. The van der Waals surface area contributed by atoms with Crippen LogP contribution in [0.4, 0.5) is 8.78 Å². The third kappa shape index (κ3) is 4.27. The Kier molecular flexibility index (Phi) is 5.83. The predicted octanol–water partition coefficient (Wildman–Crippen LogP) is -0.385. The second-order valence-electron chi connectivity index (χ2n) is 5.36. The molecular formula is C14H19F2N5O3. The van der Waals surface area contributed by atoms with Gasteiger partial charge in [-0.05, 0) is 18.9 Å². The fourth-order valence-corrected chi connectivity index (χ4v) is 2.58. The molecule has 1 aliphatic rings. The van der Waals surface area contributed by atoms with E-state index in [2.05, 4.69) is 15.7 Å². The molecular weight excluding hydrogens is 324 g/mol. The smallest absolute Gasteiger partial charge is 0.272 e. The third-order valence-electron chi connectivity index (χ3n) is 3.72. The van der Waals surface area contributed by atoms with E-state index in [4.69, 9.17) is 0 Å². The number of nitrogens with zero attached hydrogens (tertiary/aromatic N) is 3. The number of halogens is 2. The molecule has 10 heteroatoms. The van der Waals surface area contributed by atoms with E-state index in [1.54, 1.807) is 0 Å². The highest BCUT2D eigenvalue weighted by atomic mass is 19.3. The van der Waals surface area contributed by atoms with Crippen molar-refractivity contribution in [1.29, 1.82) is 0 Å². The van der Waals surface area contributed by atoms with Gasteiger partial charge < -0.3 is 15.5 Å². The fourth-order valence-electron chi connectivity index (χ4n) is 2.58. The van der Waals surface area contributed by atoms with Gasteiger partial charge in [0.15, 0.2) is 0 Å². The predicted molar refractivity (Wildman–Crippen MR) is 79.4 cm³/mol. The summed E-state index contributed by atoms with van der Waals surface area (Å²) < 4.78 is 25.5. The summed E-state index contributed by atoms with van der Waals surface area (Å²) in [5.74, 6) is -1.24. The van der Waals surface area contributed by atoms with Gasteiger partial charge in [-0.15, -0.1) is 0 Å². The minimum Gasteiger partial charge on any atom is -0.357 e. The Morgan fingerprint density at radius 3 is 2.83 bits per heavy atom. The number of likely N-dealkylation sites (tertiary alicyclic amines) is 1. The largest absolute Gasteiger partial charge is 0.357 e. The summed E-state index contributed by atoms with van der Waals surface area (Å²) in [7, 11) is 1.50. The molecule has 1 unspecified atom stereocenters. The normalized spacial score (nSPS) is 17.2. The number of hydrogen-bond acceptors (Lipinski definition) is 4. The molecule has 3 amide bonds. The molecule has 1 fully saturated rings. The Balaban J connectivity index is 1.88. The number of likely N-dealkylation sites (N-methyl/N-ethyl adjacent to an activating group) is 1. The van der Waals surface area contributed by atoms with Crippen molar-refractivity contribution in [3.8, 4) is 0 Å². The Morgan fingerprint density at radius 1 is 1.42 bits per heavy atom. The van der Waals surface area contributed by atoms with Crippen LogP contribution in [0.15, 0.2) is 12.3 Å². The Morgan fingerprint density at radius 2 is 2.17 bits per heavy atom. The first-order valence-corrected chi connectivity index (χ1v) is 7.53. The summed E-state index contributed by atoms with van der Waals surface area (Å²) in [5.41, 5.74) is -0.0484. The van der Waals surface area contributed by atoms with Crippen LogP contribution < -0.4 is 10.6 Å². The molecule has 1 aromatic heterocycles. The maximum Gasteiger partial charge on any atom is 0.272 e. The van der Waals surface area contributed by atoms with E-state index in [1.165, 1.54) is 24.2 Å². The molecule has 2 N–H and O–H groups in total. The van der Waals surface area contributed by atoms with Crippen LogP contribution in [0.5, 0.6) is 0 Å². The van der Waals surface area contributed by atoms with E-state index in [0.29, 0.717) is 13.0 Å². The molecule has 0 saturated carbocycles. The number of amides is 3. The first kappa shape index (κ1) is 17.8. The van der Waals surface area contributed by atoms with Crippen LogP contribution in [0.1, 0.15) is 23.3 Å². The van der Waals surface area contributed by atoms with E-state index in [-0.39, 0.29) is 24.1 Å². The van der Waals surface area contributed by atoms with Gasteiger partial charge in [-0.1, -0.05) is 0 Å². The lowest BCUT2D eigenvalue weighted by molar-refractivity contribution is -0.137. The average molecular weight is 343 g/mol. The highest BCUT2D eigenvalue weighted by molar-refractivity contribution is 5.95. The first-order chi connectivity index (χ1) is 11.4. The van der Waals surface area contributed by atoms with Crippen LogP contribution in [0.2, 0.25) is 0 Å². The lowest BCUT2D eigenvalue weighted by Crippen LogP contribution is -2.48. The summed E-state index contributed by atoms with van der Waals surface area (Å²) >= 11 is 0. The molecule has 0 bridgehead atoms. The molecule has 1 saturated heterocycles. The number of aromatic nitrogens is 2. The number of carbonyl (C=O) groups excluding carboxylic acids is 3. The van der Waals surface area contributed by atoms with Gasteiger partial charge >= 0.3 is 0 Å². The minimum absolute atomic E-state index is 0.0484. The van der Waals surface area contributed by atoms with Crippen molar-refractivity contribution < 1.29 is 23.2 Å².